The topological polar surface area (TPSA) is 0 Å². The van der Waals surface area contributed by atoms with E-state index in [9.17, 15) is 0 Å². The van der Waals surface area contributed by atoms with Crippen molar-refractivity contribution in [3.05, 3.63) is 155 Å². The molecule has 0 heterocycles. The summed E-state index contributed by atoms with van der Waals surface area (Å²) in [6.45, 7) is 9.86. The van der Waals surface area contributed by atoms with Crippen molar-refractivity contribution in [1.29, 1.82) is 0 Å². The first-order chi connectivity index (χ1) is 25.0. The van der Waals surface area contributed by atoms with E-state index in [0.717, 1.165) is 12.8 Å². The molecular formula is C51H52. The standard InChI is InChI=1S/C51H52/c1-5-7-9-21-37-33-47-43(41-27-15-23-35-19-11-13-25-39(35)41)29-17-31-45(47)49(37)51(3,4)50-38(22-10-8-6-2)34-48-44(30-18-32-46(48)50)42-28-16-24-36-20-12-14-26-40(36)42/h11-20,23-34,49-50H,5-10,21-22H2,1-4H3. The van der Waals surface area contributed by atoms with Crippen LogP contribution in [-0.4, -0.2) is 0 Å². The van der Waals surface area contributed by atoms with Gasteiger partial charge in [0.05, 0.1) is 0 Å². The van der Waals surface area contributed by atoms with E-state index in [-0.39, 0.29) is 5.41 Å². The third-order valence-electron chi connectivity index (χ3n) is 12.1. The van der Waals surface area contributed by atoms with Crippen LogP contribution in [-0.2, 0) is 0 Å². The molecular weight excluding hydrogens is 613 g/mol. The highest BCUT2D eigenvalue weighted by molar-refractivity contribution is 6.01. The quantitative estimate of drug-likeness (QED) is 0.114. The van der Waals surface area contributed by atoms with E-state index in [4.69, 9.17) is 0 Å². The van der Waals surface area contributed by atoms with Gasteiger partial charge in [0.1, 0.15) is 0 Å². The molecule has 2 aliphatic carbocycles. The zero-order valence-electron chi connectivity index (χ0n) is 31.0. The highest BCUT2D eigenvalue weighted by Crippen LogP contribution is 2.61. The van der Waals surface area contributed by atoms with Crippen LogP contribution in [0.1, 0.15) is 113 Å². The second-order valence-electron chi connectivity index (χ2n) is 15.7. The van der Waals surface area contributed by atoms with Crippen molar-refractivity contribution >= 4 is 33.7 Å². The highest BCUT2D eigenvalue weighted by atomic mass is 14.5. The summed E-state index contributed by atoms with van der Waals surface area (Å²) in [5.41, 5.74) is 14.6. The Kier molecular flexibility index (Phi) is 9.28. The SMILES string of the molecule is CCCCCC1=Cc2c(-c3cccc4ccccc34)cccc2C1C(C)(C)C1C(CCCCC)=Cc2c(-c3cccc4ccccc34)cccc21. The van der Waals surface area contributed by atoms with E-state index in [0.29, 0.717) is 11.8 Å². The summed E-state index contributed by atoms with van der Waals surface area (Å²) in [4.78, 5) is 0. The van der Waals surface area contributed by atoms with Crippen molar-refractivity contribution in [3.63, 3.8) is 0 Å². The lowest BCUT2D eigenvalue weighted by Gasteiger charge is -2.42. The first kappa shape index (κ1) is 33.5. The minimum absolute atomic E-state index is 0.0264. The van der Waals surface area contributed by atoms with Gasteiger partial charge in [0.15, 0.2) is 0 Å². The Bertz CT molecular complexity index is 2100. The molecule has 0 saturated heterocycles. The molecule has 0 radical (unpaired) electrons. The molecule has 0 saturated carbocycles. The molecule has 0 aliphatic heterocycles. The van der Waals surface area contributed by atoms with Crippen LogP contribution in [0, 0.1) is 5.41 Å². The highest BCUT2D eigenvalue weighted by Gasteiger charge is 2.47. The Morgan fingerprint density at radius 1 is 0.431 bits per heavy atom. The average molecular weight is 665 g/mol. The molecule has 2 unspecified atom stereocenters. The Morgan fingerprint density at radius 3 is 1.27 bits per heavy atom. The van der Waals surface area contributed by atoms with Gasteiger partial charge in [-0.25, -0.2) is 0 Å². The van der Waals surface area contributed by atoms with Crippen LogP contribution >= 0.6 is 0 Å². The van der Waals surface area contributed by atoms with E-state index in [2.05, 4.69) is 161 Å². The van der Waals surface area contributed by atoms with Crippen molar-refractivity contribution in [2.75, 3.05) is 0 Å². The third kappa shape index (κ3) is 5.97. The fourth-order valence-corrected chi connectivity index (χ4v) is 9.83. The summed E-state index contributed by atoms with van der Waals surface area (Å²) in [5, 5.41) is 5.29. The largest absolute Gasteiger partial charge is 0.0654 e. The molecule has 2 aliphatic rings. The van der Waals surface area contributed by atoms with Crippen LogP contribution in [0.25, 0.3) is 56.0 Å². The van der Waals surface area contributed by atoms with Gasteiger partial charge in [0.25, 0.3) is 0 Å². The maximum Gasteiger partial charge on any atom is 0.0118 e. The molecule has 6 aromatic rings. The Labute approximate surface area is 306 Å². The number of benzene rings is 6. The fourth-order valence-electron chi connectivity index (χ4n) is 9.83. The molecule has 0 amide bonds. The van der Waals surface area contributed by atoms with Gasteiger partial charge in [-0.15, -0.1) is 0 Å². The van der Waals surface area contributed by atoms with Crippen molar-refractivity contribution in [2.45, 2.75) is 90.9 Å². The molecule has 2 atom stereocenters. The normalized spacial score (nSPS) is 16.7. The maximum atomic E-state index is 2.62. The summed E-state index contributed by atoms with van der Waals surface area (Å²) in [7, 11) is 0. The minimum atomic E-state index is -0.0264. The molecule has 6 aromatic carbocycles. The molecule has 0 fully saturated rings. The molecule has 0 heteroatoms. The zero-order valence-corrected chi connectivity index (χ0v) is 31.0. The van der Waals surface area contributed by atoms with Crippen LogP contribution in [0.15, 0.2) is 132 Å². The monoisotopic (exact) mass is 664 g/mol. The molecule has 0 aromatic heterocycles. The predicted molar refractivity (Wildman–Crippen MR) is 222 cm³/mol. The van der Waals surface area contributed by atoms with Crippen LogP contribution in [0.2, 0.25) is 0 Å². The summed E-state index contributed by atoms with van der Waals surface area (Å²) in [6, 6.07) is 45.7. The van der Waals surface area contributed by atoms with E-state index < -0.39 is 0 Å². The Hall–Kier alpha value is -4.68. The third-order valence-corrected chi connectivity index (χ3v) is 12.1. The lowest BCUT2D eigenvalue weighted by atomic mass is 9.61. The number of fused-ring (bicyclic) bond motifs is 4. The Morgan fingerprint density at radius 2 is 0.824 bits per heavy atom. The van der Waals surface area contributed by atoms with E-state index in [1.807, 2.05) is 0 Å². The lowest BCUT2D eigenvalue weighted by Crippen LogP contribution is -2.30. The molecule has 0 spiro atoms. The van der Waals surface area contributed by atoms with Crippen LogP contribution in [0.5, 0.6) is 0 Å². The smallest absolute Gasteiger partial charge is 0.0118 e. The van der Waals surface area contributed by atoms with Gasteiger partial charge in [-0.3, -0.25) is 0 Å². The molecule has 0 nitrogen and oxygen atoms in total. The first-order valence-electron chi connectivity index (χ1n) is 19.6. The second-order valence-corrected chi connectivity index (χ2v) is 15.7. The van der Waals surface area contributed by atoms with Gasteiger partial charge >= 0.3 is 0 Å². The van der Waals surface area contributed by atoms with E-state index >= 15 is 0 Å². The number of hydrogen-bond donors (Lipinski definition) is 0. The molecule has 256 valence electrons. The van der Waals surface area contributed by atoms with Gasteiger partial charge in [-0.05, 0) is 97.2 Å². The molecule has 8 rings (SSSR count). The number of allylic oxidation sites excluding steroid dienone is 2. The zero-order chi connectivity index (χ0) is 35.0. The summed E-state index contributed by atoms with van der Waals surface area (Å²) < 4.78 is 0. The van der Waals surface area contributed by atoms with Crippen LogP contribution < -0.4 is 0 Å². The summed E-state index contributed by atoms with van der Waals surface area (Å²) in [6.07, 6.45) is 15.1. The van der Waals surface area contributed by atoms with E-state index in [1.54, 1.807) is 11.1 Å². The van der Waals surface area contributed by atoms with Gasteiger partial charge < -0.3 is 0 Å². The molecule has 51 heavy (non-hydrogen) atoms. The lowest BCUT2D eigenvalue weighted by molar-refractivity contribution is 0.267. The minimum Gasteiger partial charge on any atom is -0.0654 e. The van der Waals surface area contributed by atoms with E-state index in [1.165, 1.54) is 105 Å². The summed E-state index contributed by atoms with van der Waals surface area (Å²) >= 11 is 0. The van der Waals surface area contributed by atoms with Gasteiger partial charge in [-0.1, -0.05) is 198 Å². The van der Waals surface area contributed by atoms with Gasteiger partial charge in [0.2, 0.25) is 0 Å². The van der Waals surface area contributed by atoms with Crippen LogP contribution in [0.3, 0.4) is 0 Å². The predicted octanol–water partition coefficient (Wildman–Crippen LogP) is 15.2. The molecule has 0 bridgehead atoms. The van der Waals surface area contributed by atoms with Crippen molar-refractivity contribution in [3.8, 4) is 22.3 Å². The number of unbranched alkanes of at least 4 members (excludes halogenated alkanes) is 4. The van der Waals surface area contributed by atoms with Gasteiger partial charge in [0, 0.05) is 11.8 Å². The number of rotatable bonds is 12. The fraction of sp³-hybridized carbons (Fsp3) is 0.294. The molecule has 0 N–H and O–H groups in total. The Balaban J connectivity index is 1.28. The average Bonchev–Trinajstić information content (AvgIpc) is 3.74. The summed E-state index contributed by atoms with van der Waals surface area (Å²) in [5.74, 6) is 0.706. The van der Waals surface area contributed by atoms with Crippen LogP contribution in [0.4, 0.5) is 0 Å². The maximum absolute atomic E-state index is 2.62. The van der Waals surface area contributed by atoms with Crippen molar-refractivity contribution < 1.29 is 0 Å². The second kappa shape index (κ2) is 14.1. The van der Waals surface area contributed by atoms with Gasteiger partial charge in [-0.2, -0.15) is 0 Å². The first-order valence-corrected chi connectivity index (χ1v) is 19.6. The van der Waals surface area contributed by atoms with Crippen molar-refractivity contribution in [2.24, 2.45) is 5.41 Å². The number of hydrogen-bond acceptors (Lipinski definition) is 0. The van der Waals surface area contributed by atoms with Crippen molar-refractivity contribution in [1.82, 2.24) is 0 Å².